The lowest BCUT2D eigenvalue weighted by atomic mass is 9.90. The van der Waals surface area contributed by atoms with Crippen LogP contribution in [-0.2, 0) is 44.0 Å². The molecule has 19 heteroatoms. The van der Waals surface area contributed by atoms with Crippen molar-refractivity contribution in [3.8, 4) is 11.3 Å². The predicted octanol–water partition coefficient (Wildman–Crippen LogP) is 6.86. The van der Waals surface area contributed by atoms with Crippen LogP contribution in [0.25, 0.3) is 22.3 Å². The van der Waals surface area contributed by atoms with E-state index in [1.54, 1.807) is 48.7 Å². The number of hydrogen-bond acceptors (Lipinski definition) is 11. The van der Waals surface area contributed by atoms with Gasteiger partial charge in [-0.15, -0.1) is 0 Å². The maximum atomic E-state index is 14.0. The summed E-state index contributed by atoms with van der Waals surface area (Å²) >= 11 is 0. The number of aromatic nitrogens is 6. The van der Waals surface area contributed by atoms with Crippen molar-refractivity contribution in [2.24, 2.45) is 12.5 Å². The molecule has 5 aromatic heterocycles. The lowest BCUT2D eigenvalue weighted by Gasteiger charge is -2.47. The Morgan fingerprint density at radius 3 is 2.55 bits per heavy atom. The summed E-state index contributed by atoms with van der Waals surface area (Å²) < 4.78 is 43.4. The SMILES string of the molecule is C=CC(=O)Nc1cc(Nc2nc(-c3ccnc(N4CCn5c(cc6c5CC(C)(C)C6)C4=O)c3CO)cn(C)c2=O)ccc1N1CCN(C2CCN(c3cnc4[nH]c(C(F)(F)F)cc4c3)CC2)C[C@@H]1C. The van der Waals surface area contributed by atoms with Crippen LogP contribution in [0.5, 0.6) is 0 Å². The van der Waals surface area contributed by atoms with Crippen molar-refractivity contribution >= 4 is 57.2 Å². The Balaban J connectivity index is 0.843. The van der Waals surface area contributed by atoms with Crippen molar-refractivity contribution in [3.05, 3.63) is 112 Å². The number of fused-ring (bicyclic) bond motifs is 4. The van der Waals surface area contributed by atoms with Crippen LogP contribution in [0.15, 0.2) is 78.5 Å². The van der Waals surface area contributed by atoms with Crippen LogP contribution in [-0.4, -0.2) is 102 Å². The van der Waals surface area contributed by atoms with E-state index < -0.39 is 29.9 Å². The van der Waals surface area contributed by atoms with Gasteiger partial charge in [-0.25, -0.2) is 15.0 Å². The Bertz CT molecular complexity index is 3080. The van der Waals surface area contributed by atoms with Crippen LogP contribution in [0.4, 0.5) is 47.6 Å². The molecule has 8 heterocycles. The first-order valence-corrected chi connectivity index (χ1v) is 23.3. The molecule has 4 aliphatic rings. The number of aromatic amines is 1. The molecule has 16 nitrogen and oxygen atoms in total. The zero-order valence-electron chi connectivity index (χ0n) is 39.0. The van der Waals surface area contributed by atoms with E-state index in [9.17, 15) is 32.7 Å². The van der Waals surface area contributed by atoms with E-state index in [-0.39, 0.29) is 28.8 Å². The number of rotatable bonds is 10. The minimum Gasteiger partial charge on any atom is -0.392 e. The van der Waals surface area contributed by atoms with E-state index in [2.05, 4.69) is 72.2 Å². The van der Waals surface area contributed by atoms with Crippen LogP contribution in [0.1, 0.15) is 66.6 Å². The lowest BCUT2D eigenvalue weighted by molar-refractivity contribution is -0.140. The topological polar surface area (TPSA) is 173 Å². The van der Waals surface area contributed by atoms with Gasteiger partial charge in [0, 0.05) is 105 Å². The molecule has 0 bridgehead atoms. The largest absolute Gasteiger partial charge is 0.431 e. The van der Waals surface area contributed by atoms with Crippen molar-refractivity contribution in [3.63, 3.8) is 0 Å². The van der Waals surface area contributed by atoms with Gasteiger partial charge in [0.05, 0.1) is 35.6 Å². The van der Waals surface area contributed by atoms with Crippen molar-refractivity contribution in [1.29, 1.82) is 0 Å². The number of benzene rings is 1. The quantitative estimate of drug-likeness (QED) is 0.106. The lowest BCUT2D eigenvalue weighted by Crippen LogP contribution is -2.57. The normalized spacial score (nSPS) is 18.7. The first-order chi connectivity index (χ1) is 33.0. The number of anilines is 6. The first kappa shape index (κ1) is 45.8. The second-order valence-corrected chi connectivity index (χ2v) is 19.5. The predicted molar refractivity (Wildman–Crippen MR) is 259 cm³/mol. The van der Waals surface area contributed by atoms with Gasteiger partial charge in [0.25, 0.3) is 11.5 Å². The average molecular weight is 945 g/mol. The number of amides is 2. The highest BCUT2D eigenvalue weighted by molar-refractivity contribution is 6.06. The van der Waals surface area contributed by atoms with E-state index in [0.29, 0.717) is 70.8 Å². The van der Waals surface area contributed by atoms with E-state index >= 15 is 0 Å². The van der Waals surface area contributed by atoms with Crippen molar-refractivity contribution in [2.45, 2.75) is 77.9 Å². The zero-order valence-corrected chi connectivity index (χ0v) is 39.0. The molecule has 69 heavy (non-hydrogen) atoms. The average Bonchev–Trinajstić information content (AvgIpc) is 4.01. The Kier molecular flexibility index (Phi) is 11.6. The number of carbonyl (C=O) groups excluding carboxylic acids is 2. The standard InChI is InChI=1S/C50H55F3N12O4/c1-6-43(67)57-37-22-32(7-8-39(37)63-16-15-62(26-29(63)2)33-10-13-61(14-11-33)34-19-30-21-42(50(51,52)53)59-44(30)55-25-34)56-45-48(69)60(5)27-38(58-45)35-9-12-54-46(36(35)28-66)65-18-17-64-40(47(65)68)20-31-23-49(3,4)24-41(31)64/h6-9,12,19-22,25,27,29,33,66H,1,10-11,13-18,23-24,26,28H2,2-5H3,(H,55,59)(H,56,58)(H,57,67)/t29-/m0/s1. The van der Waals surface area contributed by atoms with Gasteiger partial charge in [0.15, 0.2) is 5.82 Å². The molecular formula is C50H55F3N12O4. The molecule has 3 aliphatic heterocycles. The summed E-state index contributed by atoms with van der Waals surface area (Å²) in [6, 6.07) is 12.5. The third kappa shape index (κ3) is 8.62. The minimum atomic E-state index is -4.47. The number of H-pyrrole nitrogens is 1. The molecule has 10 rings (SSSR count). The van der Waals surface area contributed by atoms with Gasteiger partial charge in [-0.1, -0.05) is 20.4 Å². The highest BCUT2D eigenvalue weighted by atomic mass is 19.4. The molecule has 6 aromatic rings. The molecule has 1 aromatic carbocycles. The van der Waals surface area contributed by atoms with Gasteiger partial charge >= 0.3 is 6.18 Å². The number of pyridine rings is 2. The molecular weight excluding hydrogens is 890 g/mol. The number of nitrogens with zero attached hydrogens (tertiary/aromatic N) is 9. The number of aliphatic hydroxyl groups is 1. The highest BCUT2D eigenvalue weighted by Gasteiger charge is 2.38. The highest BCUT2D eigenvalue weighted by Crippen LogP contribution is 2.41. The maximum absolute atomic E-state index is 14.0. The molecule has 2 fully saturated rings. The van der Waals surface area contributed by atoms with E-state index in [0.717, 1.165) is 69.3 Å². The van der Waals surface area contributed by atoms with Crippen molar-refractivity contribution < 1.29 is 27.9 Å². The number of alkyl halides is 3. The summed E-state index contributed by atoms with van der Waals surface area (Å²) in [5, 5.41) is 17.4. The first-order valence-electron chi connectivity index (χ1n) is 23.3. The Labute approximate surface area is 396 Å². The Morgan fingerprint density at radius 2 is 1.81 bits per heavy atom. The smallest absolute Gasteiger partial charge is 0.392 e. The van der Waals surface area contributed by atoms with E-state index in [4.69, 9.17) is 4.98 Å². The molecule has 4 N–H and O–H groups in total. The zero-order chi connectivity index (χ0) is 48.5. The van der Waals surface area contributed by atoms with Gasteiger partial charge in [-0.05, 0) is 92.1 Å². The van der Waals surface area contributed by atoms with Crippen LogP contribution in [0.2, 0.25) is 0 Å². The van der Waals surface area contributed by atoms with Gasteiger partial charge in [-0.2, -0.15) is 13.2 Å². The van der Waals surface area contributed by atoms with Crippen molar-refractivity contribution in [1.82, 2.24) is 34.0 Å². The van der Waals surface area contributed by atoms with Crippen LogP contribution >= 0.6 is 0 Å². The number of hydrogen-bond donors (Lipinski definition) is 4. The molecule has 0 saturated carbocycles. The summed E-state index contributed by atoms with van der Waals surface area (Å²) in [4.78, 5) is 65.1. The summed E-state index contributed by atoms with van der Waals surface area (Å²) in [5.74, 6) is -0.223. The molecule has 0 spiro atoms. The summed E-state index contributed by atoms with van der Waals surface area (Å²) in [6.07, 6.45) is 5.13. The third-order valence-electron chi connectivity index (χ3n) is 14.2. The monoisotopic (exact) mass is 944 g/mol. The molecule has 2 amide bonds. The number of halogens is 3. The number of aryl methyl sites for hydroxylation is 1. The van der Waals surface area contributed by atoms with Gasteiger partial charge in [0.2, 0.25) is 5.91 Å². The molecule has 360 valence electrons. The minimum absolute atomic E-state index is 0.0141. The van der Waals surface area contributed by atoms with Gasteiger partial charge < -0.3 is 39.7 Å². The fourth-order valence-electron chi connectivity index (χ4n) is 10.8. The second-order valence-electron chi connectivity index (χ2n) is 19.5. The Morgan fingerprint density at radius 1 is 1.01 bits per heavy atom. The molecule has 1 atom stereocenters. The fourth-order valence-corrected chi connectivity index (χ4v) is 10.8. The Hall–Kier alpha value is -6.99. The summed E-state index contributed by atoms with van der Waals surface area (Å²) in [5.41, 5.74) is 6.12. The number of aliphatic hydroxyl groups excluding tert-OH is 1. The number of piperazine rings is 1. The molecule has 2 saturated heterocycles. The fraction of sp³-hybridized carbons (Fsp3) is 0.400. The number of piperidine rings is 1. The molecule has 1 aliphatic carbocycles. The van der Waals surface area contributed by atoms with E-state index in [1.807, 2.05) is 18.2 Å². The van der Waals surface area contributed by atoms with E-state index in [1.165, 1.54) is 21.9 Å². The molecule has 0 radical (unpaired) electrons. The van der Waals surface area contributed by atoms with Crippen LogP contribution in [0.3, 0.4) is 0 Å². The second kappa shape index (κ2) is 17.5. The number of carbonyl (C=O) groups is 2. The van der Waals surface area contributed by atoms with Gasteiger partial charge in [0.1, 0.15) is 22.9 Å². The van der Waals surface area contributed by atoms with Crippen LogP contribution < -0.4 is 30.9 Å². The number of nitrogens with one attached hydrogen (secondary N) is 3. The summed E-state index contributed by atoms with van der Waals surface area (Å²) in [6.45, 7) is 14.6. The van der Waals surface area contributed by atoms with Crippen LogP contribution in [0, 0.1) is 5.41 Å². The molecule has 0 unspecified atom stereocenters. The third-order valence-corrected chi connectivity index (χ3v) is 14.2. The van der Waals surface area contributed by atoms with Gasteiger partial charge in [-0.3, -0.25) is 24.2 Å². The maximum Gasteiger partial charge on any atom is 0.431 e. The van der Waals surface area contributed by atoms with Crippen molar-refractivity contribution in [2.75, 3.05) is 64.6 Å². The summed E-state index contributed by atoms with van der Waals surface area (Å²) in [7, 11) is 1.62.